The number of thiazole rings is 1. The Balaban J connectivity index is 2.13. The van der Waals surface area contributed by atoms with E-state index in [1.165, 1.54) is 24.3 Å². The Bertz CT molecular complexity index is 745. The Hall–Kier alpha value is -2.28. The SMILES string of the molecule is CCCC(C)C(=O)Nc1nc(-c2ccc(NC(C)=O)cc2F)cs1. The third-order valence-electron chi connectivity index (χ3n) is 3.47. The summed E-state index contributed by atoms with van der Waals surface area (Å²) >= 11 is 1.25. The van der Waals surface area contributed by atoms with Crippen LogP contribution >= 0.6 is 11.3 Å². The van der Waals surface area contributed by atoms with Crippen LogP contribution in [0.4, 0.5) is 15.2 Å². The van der Waals surface area contributed by atoms with Crippen molar-refractivity contribution in [2.75, 3.05) is 10.6 Å². The summed E-state index contributed by atoms with van der Waals surface area (Å²) in [4.78, 5) is 27.3. The minimum atomic E-state index is -0.483. The summed E-state index contributed by atoms with van der Waals surface area (Å²) < 4.78 is 14.2. The number of carbonyl (C=O) groups excluding carboxylic acids is 2. The summed E-state index contributed by atoms with van der Waals surface area (Å²) in [7, 11) is 0. The molecule has 1 unspecified atom stereocenters. The van der Waals surface area contributed by atoms with Gasteiger partial charge in [0.1, 0.15) is 5.82 Å². The van der Waals surface area contributed by atoms with Gasteiger partial charge in [-0.2, -0.15) is 0 Å². The Morgan fingerprint density at radius 3 is 2.71 bits per heavy atom. The second kappa shape index (κ2) is 8.01. The highest BCUT2D eigenvalue weighted by Crippen LogP contribution is 2.29. The first-order valence-electron chi connectivity index (χ1n) is 7.74. The maximum atomic E-state index is 14.2. The van der Waals surface area contributed by atoms with E-state index >= 15 is 0 Å². The molecular weight excluding hydrogens is 329 g/mol. The number of carbonyl (C=O) groups is 2. The van der Waals surface area contributed by atoms with E-state index < -0.39 is 5.82 Å². The predicted molar refractivity (Wildman–Crippen MR) is 94.5 cm³/mol. The standard InChI is InChI=1S/C17H20FN3O2S/c1-4-5-10(2)16(23)21-17-20-15(9-24-17)13-7-6-12(8-14(13)18)19-11(3)22/h6-10H,4-5H2,1-3H3,(H,19,22)(H,20,21,23). The number of benzene rings is 1. The van der Waals surface area contributed by atoms with E-state index in [9.17, 15) is 14.0 Å². The molecule has 0 aliphatic heterocycles. The minimum absolute atomic E-state index is 0.0840. The zero-order chi connectivity index (χ0) is 17.7. The van der Waals surface area contributed by atoms with Crippen molar-refractivity contribution in [2.45, 2.75) is 33.6 Å². The highest BCUT2D eigenvalue weighted by atomic mass is 32.1. The van der Waals surface area contributed by atoms with Crippen LogP contribution in [0.3, 0.4) is 0 Å². The average molecular weight is 349 g/mol. The molecule has 0 aliphatic rings. The van der Waals surface area contributed by atoms with Crippen molar-refractivity contribution >= 4 is 34.0 Å². The van der Waals surface area contributed by atoms with E-state index in [0.717, 1.165) is 12.8 Å². The van der Waals surface area contributed by atoms with Gasteiger partial charge < -0.3 is 10.6 Å². The van der Waals surface area contributed by atoms with Gasteiger partial charge in [-0.15, -0.1) is 11.3 Å². The third kappa shape index (κ3) is 4.61. The summed E-state index contributed by atoms with van der Waals surface area (Å²) in [6, 6.07) is 4.42. The molecule has 0 saturated heterocycles. The molecule has 2 N–H and O–H groups in total. The van der Waals surface area contributed by atoms with Gasteiger partial charge in [-0.1, -0.05) is 20.3 Å². The van der Waals surface area contributed by atoms with E-state index in [2.05, 4.69) is 15.6 Å². The molecule has 1 atom stereocenters. The average Bonchev–Trinajstić information content (AvgIpc) is 2.95. The van der Waals surface area contributed by atoms with Gasteiger partial charge in [-0.05, 0) is 24.6 Å². The van der Waals surface area contributed by atoms with Crippen molar-refractivity contribution in [3.63, 3.8) is 0 Å². The lowest BCUT2D eigenvalue weighted by Gasteiger charge is -2.08. The summed E-state index contributed by atoms with van der Waals surface area (Å²) in [5, 5.41) is 7.43. The number of amides is 2. The van der Waals surface area contributed by atoms with Crippen LogP contribution < -0.4 is 10.6 Å². The molecule has 1 aromatic heterocycles. The van der Waals surface area contributed by atoms with E-state index in [1.54, 1.807) is 17.5 Å². The minimum Gasteiger partial charge on any atom is -0.326 e. The first-order chi connectivity index (χ1) is 11.4. The zero-order valence-corrected chi connectivity index (χ0v) is 14.7. The number of anilines is 2. The van der Waals surface area contributed by atoms with Crippen LogP contribution in [0, 0.1) is 11.7 Å². The molecular formula is C17H20FN3O2S. The van der Waals surface area contributed by atoms with E-state index in [1.807, 2.05) is 13.8 Å². The normalized spacial score (nSPS) is 11.8. The monoisotopic (exact) mass is 349 g/mol. The molecule has 2 aromatic rings. The van der Waals surface area contributed by atoms with E-state index in [4.69, 9.17) is 0 Å². The van der Waals surface area contributed by atoms with Gasteiger partial charge in [0.05, 0.1) is 5.69 Å². The lowest BCUT2D eigenvalue weighted by Crippen LogP contribution is -2.20. The lowest BCUT2D eigenvalue weighted by molar-refractivity contribution is -0.119. The van der Waals surface area contributed by atoms with Gasteiger partial charge in [0.15, 0.2) is 5.13 Å². The van der Waals surface area contributed by atoms with Crippen molar-refractivity contribution in [2.24, 2.45) is 5.92 Å². The molecule has 0 saturated carbocycles. The largest absolute Gasteiger partial charge is 0.326 e. The number of hydrogen-bond acceptors (Lipinski definition) is 4. The first kappa shape index (κ1) is 18.1. The first-order valence-corrected chi connectivity index (χ1v) is 8.62. The van der Waals surface area contributed by atoms with Gasteiger partial charge in [0, 0.05) is 29.5 Å². The van der Waals surface area contributed by atoms with Crippen LogP contribution in [0.2, 0.25) is 0 Å². The molecule has 0 aliphatic carbocycles. The number of aromatic nitrogens is 1. The second-order valence-corrected chi connectivity index (χ2v) is 6.45. The molecule has 2 amide bonds. The van der Waals surface area contributed by atoms with E-state index in [0.29, 0.717) is 22.1 Å². The number of nitrogens with zero attached hydrogens (tertiary/aromatic N) is 1. The Morgan fingerprint density at radius 1 is 1.33 bits per heavy atom. The molecule has 2 rings (SSSR count). The van der Waals surface area contributed by atoms with Gasteiger partial charge >= 0.3 is 0 Å². The quantitative estimate of drug-likeness (QED) is 0.817. The highest BCUT2D eigenvalue weighted by molar-refractivity contribution is 7.14. The van der Waals surface area contributed by atoms with Crippen LogP contribution in [-0.2, 0) is 9.59 Å². The topological polar surface area (TPSA) is 71.1 Å². The van der Waals surface area contributed by atoms with Crippen molar-refractivity contribution in [1.29, 1.82) is 0 Å². The summed E-state index contributed by atoms with van der Waals surface area (Å²) in [5.41, 5.74) is 1.16. The molecule has 1 aromatic carbocycles. The van der Waals surface area contributed by atoms with Crippen molar-refractivity contribution in [1.82, 2.24) is 4.98 Å². The molecule has 1 heterocycles. The van der Waals surface area contributed by atoms with Crippen LogP contribution in [0.1, 0.15) is 33.6 Å². The van der Waals surface area contributed by atoms with Gasteiger partial charge in [-0.3, -0.25) is 9.59 Å². The van der Waals surface area contributed by atoms with Crippen LogP contribution in [-0.4, -0.2) is 16.8 Å². The van der Waals surface area contributed by atoms with Crippen LogP contribution in [0.25, 0.3) is 11.3 Å². The molecule has 5 nitrogen and oxygen atoms in total. The molecule has 0 radical (unpaired) electrons. The molecule has 24 heavy (non-hydrogen) atoms. The Kier molecular flexibility index (Phi) is 6.03. The van der Waals surface area contributed by atoms with Gasteiger partial charge in [0.2, 0.25) is 11.8 Å². The zero-order valence-electron chi connectivity index (χ0n) is 13.9. The molecule has 0 spiro atoms. The van der Waals surface area contributed by atoms with E-state index in [-0.39, 0.29) is 17.7 Å². The maximum absolute atomic E-state index is 14.2. The van der Waals surface area contributed by atoms with Gasteiger partial charge in [0.25, 0.3) is 0 Å². The van der Waals surface area contributed by atoms with Crippen LogP contribution in [0.5, 0.6) is 0 Å². The summed E-state index contributed by atoms with van der Waals surface area (Å²) in [6.07, 6.45) is 1.74. The molecule has 128 valence electrons. The fourth-order valence-electron chi connectivity index (χ4n) is 2.25. The highest BCUT2D eigenvalue weighted by Gasteiger charge is 2.15. The molecule has 0 bridgehead atoms. The molecule has 7 heteroatoms. The fourth-order valence-corrected chi connectivity index (χ4v) is 2.96. The van der Waals surface area contributed by atoms with Crippen molar-refractivity contribution < 1.29 is 14.0 Å². The van der Waals surface area contributed by atoms with Crippen molar-refractivity contribution in [3.05, 3.63) is 29.4 Å². The van der Waals surface area contributed by atoms with Crippen LogP contribution in [0.15, 0.2) is 23.6 Å². The number of halogens is 1. The van der Waals surface area contributed by atoms with Crippen molar-refractivity contribution in [3.8, 4) is 11.3 Å². The Labute approximate surface area is 144 Å². The lowest BCUT2D eigenvalue weighted by atomic mass is 10.1. The molecule has 0 fully saturated rings. The summed E-state index contributed by atoms with van der Waals surface area (Å²) in [5.74, 6) is -0.916. The maximum Gasteiger partial charge on any atom is 0.228 e. The predicted octanol–water partition coefficient (Wildman–Crippen LogP) is 4.28. The second-order valence-electron chi connectivity index (χ2n) is 5.59. The Morgan fingerprint density at radius 2 is 2.08 bits per heavy atom. The summed E-state index contributed by atoms with van der Waals surface area (Å²) in [6.45, 7) is 5.26. The number of rotatable bonds is 6. The smallest absolute Gasteiger partial charge is 0.228 e. The fraction of sp³-hybridized carbons (Fsp3) is 0.353. The van der Waals surface area contributed by atoms with Gasteiger partial charge in [-0.25, -0.2) is 9.37 Å². The number of hydrogen-bond donors (Lipinski definition) is 2. The third-order valence-corrected chi connectivity index (χ3v) is 4.23. The number of nitrogens with one attached hydrogen (secondary N) is 2.